The number of hydrogen-bond donors (Lipinski definition) is 4. The SMILES string of the molecule is COC(=O)NC(C(=O)N1CC2(C[C@H]1c1nc3ccc(-c4ccc5c(c4)C(F)(F)c4cc(-c6cnc([C@@H]7CCCN7C(=O)[C@@H](NC(=O)OC)C7CCOCC7)[nH]6)ccc4-5)cc3[nH]1)OCCO2)c1ccccc1. The lowest BCUT2D eigenvalue weighted by Crippen LogP contribution is -2.53. The second-order valence-corrected chi connectivity index (χ2v) is 18.7. The summed E-state index contributed by atoms with van der Waals surface area (Å²) in [5.41, 5.74) is 4.73. The number of fused-ring (bicyclic) bond motifs is 4. The fourth-order valence-electron chi connectivity index (χ4n) is 11.0. The molecule has 4 aliphatic heterocycles. The van der Waals surface area contributed by atoms with Gasteiger partial charge in [-0.15, -0.1) is 0 Å². The molecule has 19 heteroatoms. The third-order valence-electron chi connectivity index (χ3n) is 14.6. The van der Waals surface area contributed by atoms with Crippen molar-refractivity contribution in [3.8, 4) is 33.5 Å². The molecule has 71 heavy (non-hydrogen) atoms. The lowest BCUT2D eigenvalue weighted by Gasteiger charge is -2.34. The summed E-state index contributed by atoms with van der Waals surface area (Å²) in [7, 11) is 2.50. The first-order chi connectivity index (χ1) is 34.4. The molecule has 1 aliphatic carbocycles. The zero-order chi connectivity index (χ0) is 49.0. The number of H-pyrrole nitrogens is 2. The van der Waals surface area contributed by atoms with Crippen LogP contribution in [0.3, 0.4) is 0 Å². The highest BCUT2D eigenvalue weighted by Gasteiger charge is 2.53. The minimum absolute atomic E-state index is 0.0964. The summed E-state index contributed by atoms with van der Waals surface area (Å²) in [5.74, 6) is -4.11. The number of amides is 4. The second-order valence-electron chi connectivity index (χ2n) is 18.7. The molecule has 5 aliphatic rings. The van der Waals surface area contributed by atoms with Crippen LogP contribution in [-0.2, 0) is 39.2 Å². The third-order valence-corrected chi connectivity index (χ3v) is 14.6. The van der Waals surface area contributed by atoms with Gasteiger partial charge in [0.15, 0.2) is 5.79 Å². The highest BCUT2D eigenvalue weighted by Crippen LogP contribution is 2.53. The van der Waals surface area contributed by atoms with E-state index in [1.54, 1.807) is 58.5 Å². The van der Waals surface area contributed by atoms with E-state index >= 15 is 8.78 Å². The van der Waals surface area contributed by atoms with E-state index in [4.69, 9.17) is 28.7 Å². The van der Waals surface area contributed by atoms with E-state index in [9.17, 15) is 19.2 Å². The molecule has 4 atom stereocenters. The molecule has 368 valence electrons. The molecule has 17 nitrogen and oxygen atoms in total. The van der Waals surface area contributed by atoms with E-state index in [2.05, 4.69) is 25.6 Å². The van der Waals surface area contributed by atoms with Gasteiger partial charge < -0.3 is 54.1 Å². The first-order valence-corrected chi connectivity index (χ1v) is 23.9. The predicted octanol–water partition coefficient (Wildman–Crippen LogP) is 7.67. The Bertz CT molecular complexity index is 3020. The van der Waals surface area contributed by atoms with Crippen LogP contribution >= 0.6 is 0 Å². The van der Waals surface area contributed by atoms with Gasteiger partial charge in [0.05, 0.1) is 69.0 Å². The van der Waals surface area contributed by atoms with Crippen molar-refractivity contribution >= 4 is 35.0 Å². The van der Waals surface area contributed by atoms with Crippen LogP contribution in [0.1, 0.15) is 78.6 Å². The quantitative estimate of drug-likeness (QED) is 0.105. The molecule has 6 heterocycles. The van der Waals surface area contributed by atoms with Gasteiger partial charge in [0.1, 0.15) is 23.7 Å². The van der Waals surface area contributed by atoms with Crippen molar-refractivity contribution in [3.05, 3.63) is 119 Å². The molecule has 0 saturated carbocycles. The number of rotatable bonds is 10. The molecule has 4 amide bonds. The van der Waals surface area contributed by atoms with E-state index < -0.39 is 54.0 Å². The van der Waals surface area contributed by atoms with E-state index in [1.165, 1.54) is 26.4 Å². The van der Waals surface area contributed by atoms with Gasteiger partial charge in [0.2, 0.25) is 5.91 Å². The molecule has 4 aromatic carbocycles. The van der Waals surface area contributed by atoms with Crippen molar-refractivity contribution in [2.75, 3.05) is 53.7 Å². The number of halogens is 2. The van der Waals surface area contributed by atoms with Crippen LogP contribution in [0.4, 0.5) is 18.4 Å². The van der Waals surface area contributed by atoms with Crippen molar-refractivity contribution in [2.24, 2.45) is 5.92 Å². The zero-order valence-electron chi connectivity index (χ0n) is 39.0. The topological polar surface area (TPSA) is 202 Å². The van der Waals surface area contributed by atoms with Gasteiger partial charge in [0.25, 0.3) is 11.8 Å². The Balaban J connectivity index is 0.836. The molecule has 1 unspecified atom stereocenters. The Hall–Kier alpha value is -7.22. The lowest BCUT2D eigenvalue weighted by atomic mass is 9.90. The molecule has 4 fully saturated rings. The van der Waals surface area contributed by atoms with Crippen LogP contribution < -0.4 is 10.6 Å². The number of imidazole rings is 2. The van der Waals surface area contributed by atoms with Crippen molar-refractivity contribution in [2.45, 2.75) is 68.0 Å². The Morgan fingerprint density at radius 1 is 0.746 bits per heavy atom. The Kier molecular flexibility index (Phi) is 12.0. The van der Waals surface area contributed by atoms with Crippen LogP contribution in [0.25, 0.3) is 44.5 Å². The molecule has 6 aromatic rings. The monoisotopic (exact) mass is 970 g/mol. The van der Waals surface area contributed by atoms with Crippen molar-refractivity contribution < 1.29 is 51.6 Å². The maximum Gasteiger partial charge on any atom is 0.407 e. The summed E-state index contributed by atoms with van der Waals surface area (Å²) >= 11 is 0. The first kappa shape index (κ1) is 46.2. The third kappa shape index (κ3) is 8.44. The number of nitrogens with zero attached hydrogens (tertiary/aromatic N) is 4. The van der Waals surface area contributed by atoms with Gasteiger partial charge in [-0.25, -0.2) is 19.6 Å². The maximum atomic E-state index is 16.8. The minimum Gasteiger partial charge on any atom is -0.453 e. The van der Waals surface area contributed by atoms with Crippen LogP contribution in [0.15, 0.2) is 91.1 Å². The molecule has 1 spiro atoms. The number of aromatic amines is 2. The number of alkyl halides is 2. The van der Waals surface area contributed by atoms with E-state index in [0.29, 0.717) is 114 Å². The van der Waals surface area contributed by atoms with Crippen LogP contribution in [0.5, 0.6) is 0 Å². The Morgan fingerprint density at radius 2 is 1.42 bits per heavy atom. The summed E-state index contributed by atoms with van der Waals surface area (Å²) in [6, 6.07) is 21.6. The summed E-state index contributed by atoms with van der Waals surface area (Å²) in [6.07, 6.45) is 3.07. The van der Waals surface area contributed by atoms with Crippen LogP contribution in [0, 0.1) is 5.92 Å². The average molecular weight is 971 g/mol. The van der Waals surface area contributed by atoms with Gasteiger partial charge in [-0.3, -0.25) is 9.59 Å². The Morgan fingerprint density at radius 3 is 2.15 bits per heavy atom. The van der Waals surface area contributed by atoms with Gasteiger partial charge in [-0.2, -0.15) is 8.78 Å². The molecule has 4 N–H and O–H groups in total. The van der Waals surface area contributed by atoms with Crippen molar-refractivity contribution in [1.29, 1.82) is 0 Å². The number of methoxy groups -OCH3 is 2. The molecule has 4 saturated heterocycles. The molecular weight excluding hydrogens is 919 g/mol. The largest absolute Gasteiger partial charge is 0.453 e. The molecule has 2 aromatic heterocycles. The molecule has 11 rings (SSSR count). The van der Waals surface area contributed by atoms with Crippen LogP contribution in [0.2, 0.25) is 0 Å². The number of nitrogens with one attached hydrogen (secondary N) is 4. The normalized spacial score (nSPS) is 21.0. The highest BCUT2D eigenvalue weighted by atomic mass is 19.3. The summed E-state index contributed by atoms with van der Waals surface area (Å²) in [6.45, 7) is 2.29. The number of aromatic nitrogens is 4. The van der Waals surface area contributed by atoms with Crippen molar-refractivity contribution in [1.82, 2.24) is 40.4 Å². The highest BCUT2D eigenvalue weighted by molar-refractivity contribution is 5.89. The van der Waals surface area contributed by atoms with Crippen LogP contribution in [-0.4, -0.2) is 119 Å². The number of alkyl carbamates (subject to hydrolysis) is 2. The Labute approximate surface area is 406 Å². The number of carbonyl (C=O) groups is 4. The molecular formula is C52H52F2N8O9. The summed E-state index contributed by atoms with van der Waals surface area (Å²) < 4.78 is 60.9. The smallest absolute Gasteiger partial charge is 0.407 e. The fraction of sp³-hybridized carbons (Fsp3) is 0.385. The standard InChI is InChI=1S/C52H52F2N8O9/c1-67-49(65)59-43(29-7-4-3-5-8-29)48(64)62-28-51(70-21-22-71-51)26-42(62)46-56-38-15-12-32(25-39(38)57-46)31-10-13-34-35-14-11-33(24-37(35)52(53,54)36(34)23-31)40-27-55-45(58-40)41-9-6-18-61(41)47(63)44(60-50(66)68-2)30-16-19-69-20-17-30/h3-5,7-8,10-15,23-25,27,30,41-44H,6,9,16-22,26,28H2,1-2H3,(H,55,58)(H,56,57)(H,59,65)(H,60,66)/t41-,42-,43?,44-/m0/s1. The molecule has 0 radical (unpaired) electrons. The van der Waals surface area contributed by atoms with Gasteiger partial charge >= 0.3 is 12.2 Å². The van der Waals surface area contributed by atoms with Crippen molar-refractivity contribution in [3.63, 3.8) is 0 Å². The van der Waals surface area contributed by atoms with E-state index in [1.807, 2.05) is 30.3 Å². The summed E-state index contributed by atoms with van der Waals surface area (Å²) in [4.78, 5) is 73.1. The maximum absolute atomic E-state index is 16.8. The average Bonchev–Trinajstić information content (AvgIpc) is 4.28. The van der Waals surface area contributed by atoms with E-state index in [0.717, 1.165) is 6.42 Å². The minimum atomic E-state index is -3.33. The number of ether oxygens (including phenoxy) is 5. The predicted molar refractivity (Wildman–Crippen MR) is 253 cm³/mol. The number of likely N-dealkylation sites (tertiary alicyclic amines) is 2. The second kappa shape index (κ2) is 18.5. The van der Waals surface area contributed by atoms with Gasteiger partial charge in [-0.1, -0.05) is 60.7 Å². The number of carbonyl (C=O) groups excluding carboxylic acids is 4. The zero-order valence-corrected chi connectivity index (χ0v) is 39.0. The number of hydrogen-bond acceptors (Lipinski definition) is 11. The van der Waals surface area contributed by atoms with E-state index in [-0.39, 0.29) is 35.9 Å². The molecule has 0 bridgehead atoms. The lowest BCUT2D eigenvalue weighted by molar-refractivity contribution is -0.153. The first-order valence-electron chi connectivity index (χ1n) is 23.9. The van der Waals surface area contributed by atoms with Gasteiger partial charge in [0, 0.05) is 42.9 Å². The summed E-state index contributed by atoms with van der Waals surface area (Å²) in [5, 5.41) is 5.45. The fourth-order valence-corrected chi connectivity index (χ4v) is 11.0. The number of benzene rings is 4. The van der Waals surface area contributed by atoms with Gasteiger partial charge in [-0.05, 0) is 83.7 Å².